The number of phenolic OH excluding ortho intramolecular Hbond substituents is 1. The van der Waals surface area contributed by atoms with Crippen LogP contribution >= 0.6 is 0 Å². The summed E-state index contributed by atoms with van der Waals surface area (Å²) in [4.78, 5) is 13.6. The highest BCUT2D eigenvalue weighted by Gasteiger charge is 2.09. The Morgan fingerprint density at radius 2 is 2.15 bits per heavy atom. The van der Waals surface area contributed by atoms with Crippen LogP contribution in [0, 0.1) is 5.92 Å². The smallest absolute Gasteiger partial charge is 0.234 e. The Kier molecular flexibility index (Phi) is 6.31. The number of nitrogens with one attached hydrogen (secondary N) is 1. The number of amides is 1. The van der Waals surface area contributed by atoms with Gasteiger partial charge in [-0.15, -0.1) is 0 Å². The van der Waals surface area contributed by atoms with Crippen molar-refractivity contribution in [1.29, 1.82) is 0 Å². The van der Waals surface area contributed by atoms with Gasteiger partial charge in [-0.05, 0) is 30.7 Å². The molecule has 0 aromatic heterocycles. The molecule has 0 atom stereocenters. The van der Waals surface area contributed by atoms with Gasteiger partial charge in [-0.2, -0.15) is 0 Å². The highest BCUT2D eigenvalue weighted by molar-refractivity contribution is 5.77. The van der Waals surface area contributed by atoms with Crippen molar-refractivity contribution in [2.75, 3.05) is 27.2 Å². The fraction of sp³-hybridized carbons (Fsp3) is 0.533. The molecule has 0 spiro atoms. The summed E-state index contributed by atoms with van der Waals surface area (Å²) in [6.45, 7) is 5.73. The molecule has 0 unspecified atom stereocenters. The second kappa shape index (κ2) is 7.75. The van der Waals surface area contributed by atoms with Gasteiger partial charge in [0.15, 0.2) is 11.5 Å². The molecule has 0 saturated heterocycles. The minimum atomic E-state index is 0.0129. The number of carbonyl (C=O) groups is 1. The summed E-state index contributed by atoms with van der Waals surface area (Å²) in [7, 11) is 3.39. The Morgan fingerprint density at radius 1 is 1.45 bits per heavy atom. The molecule has 0 radical (unpaired) electrons. The lowest BCUT2D eigenvalue weighted by Crippen LogP contribution is -2.36. The predicted molar refractivity (Wildman–Crippen MR) is 78.8 cm³/mol. The number of rotatable bonds is 7. The van der Waals surface area contributed by atoms with E-state index in [1.807, 2.05) is 18.0 Å². The molecule has 0 aliphatic rings. The largest absolute Gasteiger partial charge is 0.504 e. The van der Waals surface area contributed by atoms with E-state index in [1.54, 1.807) is 12.1 Å². The zero-order chi connectivity index (χ0) is 15.1. The van der Waals surface area contributed by atoms with Gasteiger partial charge in [0.2, 0.25) is 5.91 Å². The Hall–Kier alpha value is -1.75. The minimum Gasteiger partial charge on any atom is -0.504 e. The van der Waals surface area contributed by atoms with Gasteiger partial charge in [0.1, 0.15) is 0 Å². The standard InChI is InChI=1S/C15H24N2O3/c1-11(2)8-16-15(19)10-17(3)9-12-5-6-14(20-4)13(18)7-12/h5-7,11,18H,8-10H2,1-4H3,(H,16,19). The third kappa shape index (κ3) is 5.48. The Labute approximate surface area is 120 Å². The molecule has 0 aliphatic carbocycles. The maximum Gasteiger partial charge on any atom is 0.234 e. The monoisotopic (exact) mass is 280 g/mol. The number of nitrogens with zero attached hydrogens (tertiary/aromatic N) is 1. The van der Waals surface area contributed by atoms with E-state index in [4.69, 9.17) is 4.74 Å². The van der Waals surface area contributed by atoms with Crippen molar-refractivity contribution in [3.05, 3.63) is 23.8 Å². The van der Waals surface area contributed by atoms with E-state index in [2.05, 4.69) is 19.2 Å². The van der Waals surface area contributed by atoms with Crippen LogP contribution in [-0.2, 0) is 11.3 Å². The first-order valence-corrected chi connectivity index (χ1v) is 6.73. The number of methoxy groups -OCH3 is 1. The molecule has 0 heterocycles. The average molecular weight is 280 g/mol. The van der Waals surface area contributed by atoms with Gasteiger partial charge in [0, 0.05) is 13.1 Å². The minimum absolute atomic E-state index is 0.0129. The number of aromatic hydroxyl groups is 1. The summed E-state index contributed by atoms with van der Waals surface area (Å²) >= 11 is 0. The molecule has 0 saturated carbocycles. The maximum absolute atomic E-state index is 11.7. The number of hydrogen-bond acceptors (Lipinski definition) is 4. The van der Waals surface area contributed by atoms with Gasteiger partial charge in [0.05, 0.1) is 13.7 Å². The lowest BCUT2D eigenvalue weighted by atomic mass is 10.2. The molecule has 0 bridgehead atoms. The van der Waals surface area contributed by atoms with E-state index >= 15 is 0 Å². The molecule has 1 amide bonds. The van der Waals surface area contributed by atoms with Crippen LogP contribution in [0.2, 0.25) is 0 Å². The van der Waals surface area contributed by atoms with Gasteiger partial charge in [0.25, 0.3) is 0 Å². The van der Waals surface area contributed by atoms with Crippen LogP contribution in [-0.4, -0.2) is 43.2 Å². The van der Waals surface area contributed by atoms with Crippen LogP contribution in [0.5, 0.6) is 11.5 Å². The summed E-state index contributed by atoms with van der Waals surface area (Å²) in [5.41, 5.74) is 0.933. The number of hydrogen-bond donors (Lipinski definition) is 2. The summed E-state index contributed by atoms with van der Waals surface area (Å²) in [6, 6.07) is 5.25. The van der Waals surface area contributed by atoms with Gasteiger partial charge >= 0.3 is 0 Å². The molecule has 0 aliphatic heterocycles. The summed E-state index contributed by atoms with van der Waals surface area (Å²) < 4.78 is 5.00. The summed E-state index contributed by atoms with van der Waals surface area (Å²) in [5.74, 6) is 1.02. The normalized spacial score (nSPS) is 10.9. The first-order chi connectivity index (χ1) is 9.42. The van der Waals surface area contributed by atoms with Crippen molar-refractivity contribution in [2.45, 2.75) is 20.4 Å². The van der Waals surface area contributed by atoms with Crippen molar-refractivity contribution in [3.8, 4) is 11.5 Å². The lowest BCUT2D eigenvalue weighted by Gasteiger charge is -2.17. The fourth-order valence-corrected chi connectivity index (χ4v) is 1.82. The number of phenols is 1. The molecular formula is C15H24N2O3. The van der Waals surface area contributed by atoms with Crippen LogP contribution in [0.3, 0.4) is 0 Å². The highest BCUT2D eigenvalue weighted by Crippen LogP contribution is 2.26. The lowest BCUT2D eigenvalue weighted by molar-refractivity contribution is -0.122. The predicted octanol–water partition coefficient (Wildman–Crippen LogP) is 1.60. The molecule has 2 N–H and O–H groups in total. The maximum atomic E-state index is 11.7. The van der Waals surface area contributed by atoms with E-state index in [0.29, 0.717) is 31.3 Å². The van der Waals surface area contributed by atoms with Crippen LogP contribution in [0.1, 0.15) is 19.4 Å². The van der Waals surface area contributed by atoms with E-state index in [-0.39, 0.29) is 11.7 Å². The Balaban J connectivity index is 2.47. The van der Waals surface area contributed by atoms with Crippen molar-refractivity contribution < 1.29 is 14.6 Å². The van der Waals surface area contributed by atoms with Crippen LogP contribution < -0.4 is 10.1 Å². The zero-order valence-electron chi connectivity index (χ0n) is 12.6. The van der Waals surface area contributed by atoms with Crippen LogP contribution in [0.15, 0.2) is 18.2 Å². The molecule has 5 nitrogen and oxygen atoms in total. The van der Waals surface area contributed by atoms with Crippen LogP contribution in [0.4, 0.5) is 0 Å². The molecule has 5 heteroatoms. The molecule has 1 aromatic carbocycles. The molecule has 1 rings (SSSR count). The van der Waals surface area contributed by atoms with Crippen molar-refractivity contribution in [2.24, 2.45) is 5.92 Å². The van der Waals surface area contributed by atoms with Gasteiger partial charge in [-0.1, -0.05) is 19.9 Å². The van der Waals surface area contributed by atoms with E-state index in [9.17, 15) is 9.90 Å². The Bertz CT molecular complexity index is 447. The second-order valence-electron chi connectivity index (χ2n) is 5.38. The number of carbonyl (C=O) groups excluding carboxylic acids is 1. The van der Waals surface area contributed by atoms with Gasteiger partial charge in [-0.25, -0.2) is 0 Å². The molecule has 1 aromatic rings. The third-order valence-electron chi connectivity index (χ3n) is 2.82. The molecular weight excluding hydrogens is 256 g/mol. The molecule has 0 fully saturated rings. The fourth-order valence-electron chi connectivity index (χ4n) is 1.82. The van der Waals surface area contributed by atoms with Crippen LogP contribution in [0.25, 0.3) is 0 Å². The number of benzene rings is 1. The molecule has 20 heavy (non-hydrogen) atoms. The zero-order valence-corrected chi connectivity index (χ0v) is 12.6. The first-order valence-electron chi connectivity index (χ1n) is 6.73. The third-order valence-corrected chi connectivity index (χ3v) is 2.82. The van der Waals surface area contributed by atoms with Crippen molar-refractivity contribution in [1.82, 2.24) is 10.2 Å². The quantitative estimate of drug-likeness (QED) is 0.796. The van der Waals surface area contributed by atoms with Gasteiger partial charge in [-0.3, -0.25) is 9.69 Å². The van der Waals surface area contributed by atoms with Gasteiger partial charge < -0.3 is 15.2 Å². The van der Waals surface area contributed by atoms with Crippen molar-refractivity contribution in [3.63, 3.8) is 0 Å². The SMILES string of the molecule is COc1ccc(CN(C)CC(=O)NCC(C)C)cc1O. The van der Waals surface area contributed by atoms with Crippen molar-refractivity contribution >= 4 is 5.91 Å². The van der Waals surface area contributed by atoms with E-state index in [0.717, 1.165) is 5.56 Å². The topological polar surface area (TPSA) is 61.8 Å². The number of ether oxygens (including phenoxy) is 1. The number of likely N-dealkylation sites (N-methyl/N-ethyl adjacent to an activating group) is 1. The highest BCUT2D eigenvalue weighted by atomic mass is 16.5. The average Bonchev–Trinajstić information content (AvgIpc) is 2.36. The van der Waals surface area contributed by atoms with E-state index < -0.39 is 0 Å². The van der Waals surface area contributed by atoms with E-state index in [1.165, 1.54) is 7.11 Å². The Morgan fingerprint density at radius 3 is 2.70 bits per heavy atom. The second-order valence-corrected chi connectivity index (χ2v) is 5.38. The summed E-state index contributed by atoms with van der Waals surface area (Å²) in [5, 5.41) is 12.6. The summed E-state index contributed by atoms with van der Waals surface area (Å²) in [6.07, 6.45) is 0. The first kappa shape index (κ1) is 16.3. The molecule has 112 valence electrons.